The van der Waals surface area contributed by atoms with Crippen molar-refractivity contribution < 1.29 is 14.3 Å². The van der Waals surface area contributed by atoms with Gasteiger partial charge in [-0.15, -0.1) is 0 Å². The summed E-state index contributed by atoms with van der Waals surface area (Å²) in [4.78, 5) is 27.1. The second kappa shape index (κ2) is 6.58. The standard InChI is InChI=1S/C14H18ClN3O3/c1-6-18(17-9(2)19)11-8-7-10(12(15)16-11)13(20)21-14(3,4)5/h6-8H,1H2,2-5H3,(H,17,19). The summed E-state index contributed by atoms with van der Waals surface area (Å²) in [5.41, 5.74) is 2.03. The Labute approximate surface area is 128 Å². The van der Waals surface area contributed by atoms with E-state index >= 15 is 0 Å². The van der Waals surface area contributed by atoms with E-state index in [1.54, 1.807) is 20.8 Å². The molecule has 1 heterocycles. The van der Waals surface area contributed by atoms with Crippen molar-refractivity contribution in [2.75, 3.05) is 5.01 Å². The van der Waals surface area contributed by atoms with Gasteiger partial charge in [-0.1, -0.05) is 18.2 Å². The van der Waals surface area contributed by atoms with Crippen LogP contribution in [0, 0.1) is 0 Å². The van der Waals surface area contributed by atoms with E-state index in [9.17, 15) is 9.59 Å². The molecule has 114 valence electrons. The topological polar surface area (TPSA) is 71.5 Å². The second-order valence-corrected chi connectivity index (χ2v) is 5.59. The maximum atomic E-state index is 12.0. The number of halogens is 1. The van der Waals surface area contributed by atoms with Crippen molar-refractivity contribution in [3.05, 3.63) is 35.6 Å². The van der Waals surface area contributed by atoms with E-state index < -0.39 is 11.6 Å². The number of amides is 1. The van der Waals surface area contributed by atoms with Gasteiger partial charge in [0.05, 0.1) is 5.56 Å². The van der Waals surface area contributed by atoms with Gasteiger partial charge in [-0.2, -0.15) is 0 Å². The fourth-order valence-electron chi connectivity index (χ4n) is 1.41. The lowest BCUT2D eigenvalue weighted by Gasteiger charge is -2.21. The van der Waals surface area contributed by atoms with Crippen molar-refractivity contribution >= 4 is 29.3 Å². The Morgan fingerprint density at radius 2 is 2.05 bits per heavy atom. The molecule has 1 aromatic heterocycles. The van der Waals surface area contributed by atoms with Crippen LogP contribution in [-0.4, -0.2) is 22.5 Å². The van der Waals surface area contributed by atoms with Crippen LogP contribution in [-0.2, 0) is 9.53 Å². The van der Waals surface area contributed by atoms with Crippen molar-refractivity contribution in [2.24, 2.45) is 0 Å². The average Bonchev–Trinajstić information content (AvgIpc) is 2.33. The molecule has 0 aromatic carbocycles. The summed E-state index contributed by atoms with van der Waals surface area (Å²) in [6, 6.07) is 3.01. The van der Waals surface area contributed by atoms with Crippen LogP contribution in [0.25, 0.3) is 0 Å². The van der Waals surface area contributed by atoms with E-state index in [2.05, 4.69) is 17.0 Å². The number of pyridine rings is 1. The van der Waals surface area contributed by atoms with Crippen LogP contribution >= 0.6 is 11.6 Å². The van der Waals surface area contributed by atoms with Crippen LogP contribution in [0.5, 0.6) is 0 Å². The zero-order valence-corrected chi connectivity index (χ0v) is 13.2. The number of nitrogens with zero attached hydrogens (tertiary/aromatic N) is 2. The van der Waals surface area contributed by atoms with Crippen molar-refractivity contribution in [3.63, 3.8) is 0 Å². The summed E-state index contributed by atoms with van der Waals surface area (Å²) in [6.07, 6.45) is 1.37. The minimum atomic E-state index is -0.623. The number of esters is 1. The van der Waals surface area contributed by atoms with Crippen LogP contribution in [0.1, 0.15) is 38.1 Å². The lowest BCUT2D eigenvalue weighted by molar-refractivity contribution is -0.119. The highest BCUT2D eigenvalue weighted by atomic mass is 35.5. The third-order valence-corrected chi connectivity index (χ3v) is 2.45. The third kappa shape index (κ3) is 5.07. The number of rotatable bonds is 4. The van der Waals surface area contributed by atoms with E-state index in [1.807, 2.05) is 0 Å². The summed E-state index contributed by atoms with van der Waals surface area (Å²) in [5, 5.41) is 1.28. The summed E-state index contributed by atoms with van der Waals surface area (Å²) < 4.78 is 5.23. The lowest BCUT2D eigenvalue weighted by Crippen LogP contribution is -2.37. The van der Waals surface area contributed by atoms with Gasteiger partial charge >= 0.3 is 5.97 Å². The average molecular weight is 312 g/mol. The number of carbonyl (C=O) groups excluding carboxylic acids is 2. The predicted octanol–water partition coefficient (Wildman–Crippen LogP) is 2.69. The molecule has 1 amide bonds. The minimum absolute atomic E-state index is 0.0149. The molecule has 0 atom stereocenters. The summed E-state index contributed by atoms with van der Waals surface area (Å²) in [6.45, 7) is 10.2. The van der Waals surface area contributed by atoms with Gasteiger partial charge in [0.15, 0.2) is 5.82 Å². The fourth-order valence-corrected chi connectivity index (χ4v) is 1.64. The smallest absolute Gasteiger partial charge is 0.341 e. The van der Waals surface area contributed by atoms with Gasteiger partial charge in [0.1, 0.15) is 10.8 Å². The highest BCUT2D eigenvalue weighted by Crippen LogP contribution is 2.21. The quantitative estimate of drug-likeness (QED) is 0.526. The van der Waals surface area contributed by atoms with E-state index in [-0.39, 0.29) is 16.6 Å². The van der Waals surface area contributed by atoms with Gasteiger partial charge in [-0.05, 0) is 32.9 Å². The molecular formula is C14H18ClN3O3. The predicted molar refractivity (Wildman–Crippen MR) is 80.9 cm³/mol. The van der Waals surface area contributed by atoms with Crippen molar-refractivity contribution in [1.82, 2.24) is 10.4 Å². The molecule has 0 radical (unpaired) electrons. The number of hydrazine groups is 1. The molecule has 1 N–H and O–H groups in total. The number of hydrogen-bond acceptors (Lipinski definition) is 5. The Morgan fingerprint density at radius 1 is 1.43 bits per heavy atom. The molecule has 7 heteroatoms. The molecular weight excluding hydrogens is 294 g/mol. The van der Waals surface area contributed by atoms with Crippen LogP contribution < -0.4 is 10.4 Å². The number of anilines is 1. The van der Waals surface area contributed by atoms with Crippen LogP contribution in [0.3, 0.4) is 0 Å². The van der Waals surface area contributed by atoms with Crippen molar-refractivity contribution in [2.45, 2.75) is 33.3 Å². The maximum Gasteiger partial charge on any atom is 0.341 e. The Bertz CT molecular complexity index is 567. The van der Waals surface area contributed by atoms with Crippen molar-refractivity contribution in [3.8, 4) is 0 Å². The molecule has 1 rings (SSSR count). The largest absolute Gasteiger partial charge is 0.456 e. The van der Waals surface area contributed by atoms with Gasteiger partial charge in [0.25, 0.3) is 0 Å². The van der Waals surface area contributed by atoms with E-state index in [0.717, 1.165) is 0 Å². The first-order chi connectivity index (χ1) is 9.64. The molecule has 0 fully saturated rings. The Hall–Kier alpha value is -2.08. The molecule has 0 unspecified atom stereocenters. The zero-order chi connectivity index (χ0) is 16.2. The summed E-state index contributed by atoms with van der Waals surface area (Å²) >= 11 is 6.01. The van der Waals surface area contributed by atoms with Crippen molar-refractivity contribution in [1.29, 1.82) is 0 Å². The van der Waals surface area contributed by atoms with Crippen LogP contribution in [0.15, 0.2) is 24.9 Å². The highest BCUT2D eigenvalue weighted by Gasteiger charge is 2.21. The Balaban J connectivity index is 3.02. The molecule has 0 spiro atoms. The molecule has 0 bridgehead atoms. The highest BCUT2D eigenvalue weighted by molar-refractivity contribution is 6.32. The molecule has 0 aliphatic rings. The summed E-state index contributed by atoms with van der Waals surface area (Å²) in [7, 11) is 0. The minimum Gasteiger partial charge on any atom is -0.456 e. The molecule has 6 nitrogen and oxygen atoms in total. The first kappa shape index (κ1) is 17.0. The number of carbonyl (C=O) groups is 2. The van der Waals surface area contributed by atoms with Gasteiger partial charge < -0.3 is 4.74 Å². The maximum absolute atomic E-state index is 12.0. The molecule has 0 aliphatic heterocycles. The number of ether oxygens (including phenoxy) is 1. The van der Waals surface area contributed by atoms with Gasteiger partial charge in [0.2, 0.25) is 5.91 Å². The second-order valence-electron chi connectivity index (χ2n) is 5.23. The monoisotopic (exact) mass is 311 g/mol. The Kier molecular flexibility index (Phi) is 5.32. The SMILES string of the molecule is C=CN(NC(C)=O)c1ccc(C(=O)OC(C)(C)C)c(Cl)n1. The first-order valence-corrected chi connectivity index (χ1v) is 6.61. The van der Waals surface area contributed by atoms with E-state index in [4.69, 9.17) is 16.3 Å². The molecule has 0 saturated heterocycles. The molecule has 1 aromatic rings. The zero-order valence-electron chi connectivity index (χ0n) is 12.4. The molecule has 0 aliphatic carbocycles. The normalized spacial score (nSPS) is 10.7. The van der Waals surface area contributed by atoms with E-state index in [1.165, 1.54) is 30.3 Å². The lowest BCUT2D eigenvalue weighted by atomic mass is 10.2. The van der Waals surface area contributed by atoms with Crippen LogP contribution in [0.4, 0.5) is 5.82 Å². The molecule has 21 heavy (non-hydrogen) atoms. The first-order valence-electron chi connectivity index (χ1n) is 6.23. The molecule has 0 saturated carbocycles. The third-order valence-electron chi connectivity index (χ3n) is 2.16. The summed E-state index contributed by atoms with van der Waals surface area (Å²) in [5.74, 6) is -0.516. The van der Waals surface area contributed by atoms with E-state index in [0.29, 0.717) is 5.82 Å². The van der Waals surface area contributed by atoms with Gasteiger partial charge in [0, 0.05) is 13.1 Å². The van der Waals surface area contributed by atoms with Gasteiger partial charge in [-0.3, -0.25) is 10.2 Å². The number of nitrogens with one attached hydrogen (secondary N) is 1. The Morgan fingerprint density at radius 3 is 2.48 bits per heavy atom. The number of aromatic nitrogens is 1. The number of hydrogen-bond donors (Lipinski definition) is 1. The fraction of sp³-hybridized carbons (Fsp3) is 0.357. The van der Waals surface area contributed by atoms with Gasteiger partial charge in [-0.25, -0.2) is 14.8 Å². The van der Waals surface area contributed by atoms with Crippen LogP contribution in [0.2, 0.25) is 5.15 Å².